The SMILES string of the molecule is Cc1nc(Cc2nc(C3CCCC3)c(Br)c(=O)[nH]2)cs1. The summed E-state index contributed by atoms with van der Waals surface area (Å²) in [7, 11) is 0. The zero-order chi connectivity index (χ0) is 14.1. The molecule has 1 aliphatic carbocycles. The van der Waals surface area contributed by atoms with Gasteiger partial charge in [-0.05, 0) is 35.7 Å². The number of nitrogens with one attached hydrogen (secondary N) is 1. The smallest absolute Gasteiger partial charge is 0.265 e. The predicted molar refractivity (Wildman–Crippen MR) is 83.4 cm³/mol. The summed E-state index contributed by atoms with van der Waals surface area (Å²) in [6, 6.07) is 0. The van der Waals surface area contributed by atoms with Crippen molar-refractivity contribution in [3.05, 3.63) is 42.4 Å². The van der Waals surface area contributed by atoms with Crippen LogP contribution in [0.2, 0.25) is 0 Å². The Bertz CT molecular complexity index is 673. The molecule has 6 heteroatoms. The second kappa shape index (κ2) is 5.77. The van der Waals surface area contributed by atoms with Crippen LogP contribution in [0.5, 0.6) is 0 Å². The third-order valence-electron chi connectivity index (χ3n) is 3.69. The highest BCUT2D eigenvalue weighted by molar-refractivity contribution is 9.10. The molecule has 1 saturated carbocycles. The van der Waals surface area contributed by atoms with E-state index in [1.807, 2.05) is 12.3 Å². The molecule has 1 fully saturated rings. The predicted octanol–water partition coefficient (Wildman–Crippen LogP) is 3.55. The van der Waals surface area contributed by atoms with Gasteiger partial charge in [0.15, 0.2) is 0 Å². The molecule has 2 heterocycles. The van der Waals surface area contributed by atoms with Crippen LogP contribution in [0.4, 0.5) is 0 Å². The lowest BCUT2D eigenvalue weighted by atomic mass is 10.0. The molecule has 0 aliphatic heterocycles. The van der Waals surface area contributed by atoms with E-state index < -0.39 is 0 Å². The maximum atomic E-state index is 12.1. The van der Waals surface area contributed by atoms with Crippen molar-refractivity contribution in [1.82, 2.24) is 15.0 Å². The first-order valence-corrected chi connectivity index (χ1v) is 8.50. The van der Waals surface area contributed by atoms with Crippen molar-refractivity contribution in [2.75, 3.05) is 0 Å². The average molecular weight is 354 g/mol. The Balaban J connectivity index is 1.93. The lowest BCUT2D eigenvalue weighted by Gasteiger charge is -2.11. The number of H-pyrrole nitrogens is 1. The number of aromatic nitrogens is 3. The lowest BCUT2D eigenvalue weighted by molar-refractivity contribution is 0.677. The van der Waals surface area contributed by atoms with Gasteiger partial charge in [-0.3, -0.25) is 4.79 Å². The van der Waals surface area contributed by atoms with Gasteiger partial charge in [0.1, 0.15) is 10.3 Å². The summed E-state index contributed by atoms with van der Waals surface area (Å²) in [4.78, 5) is 24.0. The lowest BCUT2D eigenvalue weighted by Crippen LogP contribution is -2.17. The summed E-state index contributed by atoms with van der Waals surface area (Å²) in [5, 5.41) is 3.06. The van der Waals surface area contributed by atoms with E-state index in [4.69, 9.17) is 0 Å². The number of nitrogens with zero attached hydrogens (tertiary/aromatic N) is 2. The summed E-state index contributed by atoms with van der Waals surface area (Å²) in [5.41, 5.74) is 1.81. The van der Waals surface area contributed by atoms with Crippen molar-refractivity contribution in [3.63, 3.8) is 0 Å². The summed E-state index contributed by atoms with van der Waals surface area (Å²) >= 11 is 5.01. The van der Waals surface area contributed by atoms with Crippen LogP contribution >= 0.6 is 27.3 Å². The largest absolute Gasteiger partial charge is 0.309 e. The second-order valence-electron chi connectivity index (χ2n) is 5.23. The Morgan fingerprint density at radius 3 is 2.80 bits per heavy atom. The van der Waals surface area contributed by atoms with Gasteiger partial charge in [0, 0.05) is 17.7 Å². The normalized spacial score (nSPS) is 15.9. The Hall–Kier alpha value is -1.01. The van der Waals surface area contributed by atoms with Crippen LogP contribution in [-0.4, -0.2) is 15.0 Å². The van der Waals surface area contributed by atoms with Crippen molar-refractivity contribution >= 4 is 27.3 Å². The third kappa shape index (κ3) is 2.86. The number of hydrogen-bond acceptors (Lipinski definition) is 4. The van der Waals surface area contributed by atoms with Gasteiger partial charge in [-0.2, -0.15) is 0 Å². The monoisotopic (exact) mass is 353 g/mol. The van der Waals surface area contributed by atoms with E-state index in [0.717, 1.165) is 29.2 Å². The van der Waals surface area contributed by atoms with Crippen molar-refractivity contribution in [1.29, 1.82) is 0 Å². The molecule has 0 radical (unpaired) electrons. The van der Waals surface area contributed by atoms with Crippen molar-refractivity contribution < 1.29 is 0 Å². The molecule has 4 nitrogen and oxygen atoms in total. The minimum atomic E-state index is -0.0798. The van der Waals surface area contributed by atoms with E-state index in [1.165, 1.54) is 12.8 Å². The molecule has 0 bridgehead atoms. The average Bonchev–Trinajstić information content (AvgIpc) is 3.05. The fraction of sp³-hybridized carbons (Fsp3) is 0.500. The molecule has 106 valence electrons. The second-order valence-corrected chi connectivity index (χ2v) is 7.08. The topological polar surface area (TPSA) is 58.6 Å². The molecule has 0 amide bonds. The minimum Gasteiger partial charge on any atom is -0.309 e. The molecule has 2 aromatic heterocycles. The van der Waals surface area contributed by atoms with E-state index in [0.29, 0.717) is 22.6 Å². The van der Waals surface area contributed by atoms with E-state index in [1.54, 1.807) is 11.3 Å². The van der Waals surface area contributed by atoms with Gasteiger partial charge < -0.3 is 4.98 Å². The minimum absolute atomic E-state index is 0.0798. The zero-order valence-corrected chi connectivity index (χ0v) is 13.7. The summed E-state index contributed by atoms with van der Waals surface area (Å²) in [6.07, 6.45) is 5.31. The van der Waals surface area contributed by atoms with Crippen LogP contribution in [0.15, 0.2) is 14.6 Å². The Labute approximate surface area is 129 Å². The van der Waals surface area contributed by atoms with Crippen LogP contribution in [0.1, 0.15) is 53.8 Å². The molecular formula is C14H16BrN3OS. The maximum absolute atomic E-state index is 12.1. The number of aryl methyl sites for hydroxylation is 1. The summed E-state index contributed by atoms with van der Waals surface area (Å²) in [6.45, 7) is 1.98. The fourth-order valence-corrected chi connectivity index (χ4v) is 3.86. The number of halogens is 1. The van der Waals surface area contributed by atoms with E-state index >= 15 is 0 Å². The number of hydrogen-bond donors (Lipinski definition) is 1. The fourth-order valence-electron chi connectivity index (χ4n) is 2.74. The Morgan fingerprint density at radius 1 is 1.40 bits per heavy atom. The van der Waals surface area contributed by atoms with E-state index in [9.17, 15) is 4.79 Å². The molecule has 0 spiro atoms. The zero-order valence-electron chi connectivity index (χ0n) is 11.3. The molecule has 3 rings (SSSR count). The molecule has 0 unspecified atom stereocenters. The van der Waals surface area contributed by atoms with Crippen LogP contribution < -0.4 is 5.56 Å². The highest BCUT2D eigenvalue weighted by Crippen LogP contribution is 2.35. The standard InChI is InChI=1S/C14H16BrN3OS/c1-8-16-10(7-20-8)6-11-17-13(9-4-2-3-5-9)12(15)14(19)18-11/h7,9H,2-6H2,1H3,(H,17,18,19). The molecule has 0 saturated heterocycles. The Morgan fingerprint density at radius 2 is 2.15 bits per heavy atom. The van der Waals surface area contributed by atoms with Crippen LogP contribution in [0, 0.1) is 6.92 Å². The first-order chi connectivity index (χ1) is 9.63. The van der Waals surface area contributed by atoms with Gasteiger partial charge in [-0.25, -0.2) is 9.97 Å². The summed E-state index contributed by atoms with van der Waals surface area (Å²) in [5.74, 6) is 1.13. The highest BCUT2D eigenvalue weighted by Gasteiger charge is 2.23. The highest BCUT2D eigenvalue weighted by atomic mass is 79.9. The van der Waals surface area contributed by atoms with Crippen LogP contribution in [-0.2, 0) is 6.42 Å². The van der Waals surface area contributed by atoms with Gasteiger partial charge >= 0.3 is 0 Å². The van der Waals surface area contributed by atoms with Crippen molar-refractivity contribution in [3.8, 4) is 0 Å². The molecule has 1 N–H and O–H groups in total. The van der Waals surface area contributed by atoms with Crippen LogP contribution in [0.25, 0.3) is 0 Å². The van der Waals surface area contributed by atoms with Gasteiger partial charge in [0.05, 0.1) is 16.4 Å². The van der Waals surface area contributed by atoms with Gasteiger partial charge in [-0.1, -0.05) is 12.8 Å². The number of aromatic amines is 1. The Kier molecular flexibility index (Phi) is 4.03. The molecular weight excluding hydrogens is 338 g/mol. The van der Waals surface area contributed by atoms with Crippen LogP contribution in [0.3, 0.4) is 0 Å². The van der Waals surface area contributed by atoms with E-state index in [-0.39, 0.29) is 5.56 Å². The quantitative estimate of drug-likeness (QED) is 0.917. The van der Waals surface area contributed by atoms with Crippen molar-refractivity contribution in [2.24, 2.45) is 0 Å². The third-order valence-corrected chi connectivity index (χ3v) is 5.28. The first-order valence-electron chi connectivity index (χ1n) is 6.83. The molecule has 20 heavy (non-hydrogen) atoms. The summed E-state index contributed by atoms with van der Waals surface area (Å²) < 4.78 is 0.600. The van der Waals surface area contributed by atoms with E-state index in [2.05, 4.69) is 30.9 Å². The molecule has 0 aromatic carbocycles. The van der Waals surface area contributed by atoms with Gasteiger partial charge in [0.2, 0.25) is 0 Å². The molecule has 0 atom stereocenters. The molecule has 2 aromatic rings. The number of rotatable bonds is 3. The molecule has 1 aliphatic rings. The van der Waals surface area contributed by atoms with Gasteiger partial charge in [0.25, 0.3) is 5.56 Å². The number of thiazole rings is 1. The van der Waals surface area contributed by atoms with Crippen molar-refractivity contribution in [2.45, 2.75) is 44.9 Å². The maximum Gasteiger partial charge on any atom is 0.265 e. The first kappa shape index (κ1) is 13.9. The van der Waals surface area contributed by atoms with Gasteiger partial charge in [-0.15, -0.1) is 11.3 Å².